The van der Waals surface area contributed by atoms with Crippen LogP contribution in [0.3, 0.4) is 0 Å². The topological polar surface area (TPSA) is 110 Å². The molecule has 4 N–H and O–H groups in total. The Bertz CT molecular complexity index is 761. The van der Waals surface area contributed by atoms with E-state index in [0.29, 0.717) is 22.7 Å². The van der Waals surface area contributed by atoms with Crippen LogP contribution < -0.4 is 17.0 Å². The van der Waals surface area contributed by atoms with E-state index in [1.165, 1.54) is 0 Å². The molecule has 0 saturated heterocycles. The predicted octanol–water partition coefficient (Wildman–Crippen LogP) is 0.864. The van der Waals surface area contributed by atoms with E-state index in [0.717, 1.165) is 5.56 Å². The summed E-state index contributed by atoms with van der Waals surface area (Å²) >= 11 is 0. The summed E-state index contributed by atoms with van der Waals surface area (Å²) in [7, 11) is 0. The molecule has 3 aromatic rings. The van der Waals surface area contributed by atoms with Gasteiger partial charge in [-0.15, -0.1) is 0 Å². The van der Waals surface area contributed by atoms with Crippen molar-refractivity contribution in [1.82, 2.24) is 15.0 Å². The molecule has 3 rings (SSSR count). The molecular weight excluding hydrogens is 234 g/mol. The standard InChI is InChI=1S/C11H9N5O2/c12-16-10-13-4-3-7(14-10)6-1-2-8-9(5-6)18-11(17)15-8/h1-5H,12H2,(H,15,17)(H,13,14,16). The maximum absolute atomic E-state index is 11.1. The van der Waals surface area contributed by atoms with Gasteiger partial charge in [-0.2, -0.15) is 0 Å². The summed E-state index contributed by atoms with van der Waals surface area (Å²) in [6.07, 6.45) is 1.59. The van der Waals surface area contributed by atoms with Crippen molar-refractivity contribution >= 4 is 17.0 Å². The fourth-order valence-corrected chi connectivity index (χ4v) is 1.69. The number of aromatic nitrogens is 3. The molecule has 2 aromatic heterocycles. The van der Waals surface area contributed by atoms with Gasteiger partial charge in [0.05, 0.1) is 11.2 Å². The van der Waals surface area contributed by atoms with Crippen molar-refractivity contribution in [2.45, 2.75) is 0 Å². The Hall–Kier alpha value is -2.67. The zero-order valence-corrected chi connectivity index (χ0v) is 9.18. The second-order valence-corrected chi connectivity index (χ2v) is 3.64. The highest BCUT2D eigenvalue weighted by molar-refractivity contribution is 5.78. The molecule has 0 saturated carbocycles. The monoisotopic (exact) mass is 243 g/mol. The molecule has 90 valence electrons. The van der Waals surface area contributed by atoms with E-state index >= 15 is 0 Å². The van der Waals surface area contributed by atoms with Crippen LogP contribution in [0.25, 0.3) is 22.4 Å². The lowest BCUT2D eigenvalue weighted by atomic mass is 10.1. The lowest BCUT2D eigenvalue weighted by Gasteiger charge is -2.02. The molecule has 2 heterocycles. The van der Waals surface area contributed by atoms with E-state index < -0.39 is 5.76 Å². The van der Waals surface area contributed by atoms with Crippen molar-refractivity contribution in [2.75, 3.05) is 5.43 Å². The largest absolute Gasteiger partial charge is 0.417 e. The number of hydrogen-bond donors (Lipinski definition) is 3. The summed E-state index contributed by atoms with van der Waals surface area (Å²) < 4.78 is 4.99. The minimum atomic E-state index is -0.478. The van der Waals surface area contributed by atoms with Crippen LogP contribution in [0.2, 0.25) is 0 Å². The van der Waals surface area contributed by atoms with Gasteiger partial charge in [0.1, 0.15) is 0 Å². The lowest BCUT2D eigenvalue weighted by molar-refractivity contribution is 0.555. The highest BCUT2D eigenvalue weighted by atomic mass is 16.4. The van der Waals surface area contributed by atoms with Crippen LogP contribution in [0.4, 0.5) is 5.95 Å². The number of aromatic amines is 1. The van der Waals surface area contributed by atoms with Gasteiger partial charge in [-0.3, -0.25) is 10.4 Å². The van der Waals surface area contributed by atoms with Crippen LogP contribution in [0, 0.1) is 0 Å². The maximum Gasteiger partial charge on any atom is 0.417 e. The van der Waals surface area contributed by atoms with E-state index in [1.54, 1.807) is 24.4 Å². The Kier molecular flexibility index (Phi) is 2.31. The lowest BCUT2D eigenvalue weighted by Crippen LogP contribution is -2.10. The van der Waals surface area contributed by atoms with E-state index in [4.69, 9.17) is 10.3 Å². The number of nitrogens with one attached hydrogen (secondary N) is 2. The van der Waals surface area contributed by atoms with Gasteiger partial charge in [0.25, 0.3) is 0 Å². The zero-order chi connectivity index (χ0) is 12.5. The maximum atomic E-state index is 11.1. The smallest absolute Gasteiger partial charge is 0.408 e. The average molecular weight is 243 g/mol. The molecule has 0 unspecified atom stereocenters. The van der Waals surface area contributed by atoms with Gasteiger partial charge in [-0.1, -0.05) is 6.07 Å². The quantitative estimate of drug-likeness (QED) is 0.455. The van der Waals surface area contributed by atoms with Gasteiger partial charge in [0.15, 0.2) is 5.58 Å². The Morgan fingerprint density at radius 2 is 2.22 bits per heavy atom. The van der Waals surface area contributed by atoms with Crippen LogP contribution in [0.5, 0.6) is 0 Å². The van der Waals surface area contributed by atoms with Crippen molar-refractivity contribution in [3.63, 3.8) is 0 Å². The highest BCUT2D eigenvalue weighted by Crippen LogP contribution is 2.21. The van der Waals surface area contributed by atoms with E-state index in [9.17, 15) is 4.79 Å². The summed E-state index contributed by atoms with van der Waals surface area (Å²) in [4.78, 5) is 21.8. The first-order valence-corrected chi connectivity index (χ1v) is 5.19. The number of anilines is 1. The average Bonchev–Trinajstić information content (AvgIpc) is 2.77. The normalized spacial score (nSPS) is 10.7. The fourth-order valence-electron chi connectivity index (χ4n) is 1.69. The Labute approximate surface area is 101 Å². The van der Waals surface area contributed by atoms with E-state index in [-0.39, 0.29) is 0 Å². The number of hydrogen-bond acceptors (Lipinski definition) is 6. The van der Waals surface area contributed by atoms with Crippen molar-refractivity contribution in [3.05, 3.63) is 41.0 Å². The number of fused-ring (bicyclic) bond motifs is 1. The Balaban J connectivity index is 2.15. The number of oxazole rings is 1. The second-order valence-electron chi connectivity index (χ2n) is 3.64. The Morgan fingerprint density at radius 3 is 3.06 bits per heavy atom. The van der Waals surface area contributed by atoms with Crippen LogP contribution in [0.15, 0.2) is 39.7 Å². The number of benzene rings is 1. The van der Waals surface area contributed by atoms with Gasteiger partial charge in [-0.05, 0) is 18.2 Å². The molecule has 0 atom stereocenters. The van der Waals surface area contributed by atoms with Crippen LogP contribution in [-0.4, -0.2) is 15.0 Å². The van der Waals surface area contributed by atoms with Crippen molar-refractivity contribution in [2.24, 2.45) is 5.84 Å². The van der Waals surface area contributed by atoms with Gasteiger partial charge >= 0.3 is 5.76 Å². The third-order valence-corrected chi connectivity index (χ3v) is 2.50. The molecule has 0 bridgehead atoms. The minimum Gasteiger partial charge on any atom is -0.408 e. The number of hydrazine groups is 1. The predicted molar refractivity (Wildman–Crippen MR) is 65.7 cm³/mol. The summed E-state index contributed by atoms with van der Waals surface area (Å²) in [5.41, 5.74) is 5.00. The summed E-state index contributed by atoms with van der Waals surface area (Å²) in [6, 6.07) is 7.06. The SMILES string of the molecule is NNc1nccc(-c2ccc3[nH]c(=O)oc3c2)n1. The summed E-state index contributed by atoms with van der Waals surface area (Å²) in [5, 5.41) is 0. The molecule has 7 nitrogen and oxygen atoms in total. The van der Waals surface area contributed by atoms with Crippen molar-refractivity contribution in [3.8, 4) is 11.3 Å². The first-order valence-electron chi connectivity index (χ1n) is 5.19. The number of H-pyrrole nitrogens is 1. The Morgan fingerprint density at radius 1 is 1.33 bits per heavy atom. The molecule has 0 aliphatic carbocycles. The van der Waals surface area contributed by atoms with Crippen molar-refractivity contribution in [1.29, 1.82) is 0 Å². The molecule has 0 aliphatic heterocycles. The molecule has 1 aromatic carbocycles. The zero-order valence-electron chi connectivity index (χ0n) is 9.18. The summed E-state index contributed by atoms with van der Waals surface area (Å²) in [6.45, 7) is 0. The van der Waals surface area contributed by atoms with Gasteiger partial charge in [0.2, 0.25) is 5.95 Å². The molecule has 18 heavy (non-hydrogen) atoms. The van der Waals surface area contributed by atoms with E-state index in [2.05, 4.69) is 20.4 Å². The number of nitrogen functional groups attached to an aromatic ring is 1. The second kappa shape index (κ2) is 3.97. The van der Waals surface area contributed by atoms with Crippen molar-refractivity contribution < 1.29 is 4.42 Å². The molecule has 7 heteroatoms. The van der Waals surface area contributed by atoms with Crippen LogP contribution in [0.1, 0.15) is 0 Å². The molecule has 0 aliphatic rings. The summed E-state index contributed by atoms with van der Waals surface area (Å²) in [5.74, 6) is 5.10. The number of nitrogens with two attached hydrogens (primary N) is 1. The van der Waals surface area contributed by atoms with Gasteiger partial charge in [0, 0.05) is 11.8 Å². The van der Waals surface area contributed by atoms with Gasteiger partial charge < -0.3 is 4.42 Å². The third-order valence-electron chi connectivity index (χ3n) is 2.50. The first-order chi connectivity index (χ1) is 8.76. The van der Waals surface area contributed by atoms with Crippen LogP contribution in [-0.2, 0) is 0 Å². The number of rotatable bonds is 2. The van der Waals surface area contributed by atoms with Crippen LogP contribution >= 0.6 is 0 Å². The third kappa shape index (κ3) is 1.72. The highest BCUT2D eigenvalue weighted by Gasteiger charge is 2.05. The molecule has 0 fully saturated rings. The first kappa shape index (κ1) is 10.5. The fraction of sp³-hybridized carbons (Fsp3) is 0. The molecular formula is C11H9N5O2. The minimum absolute atomic E-state index is 0.322. The molecule has 0 spiro atoms. The number of nitrogens with zero attached hydrogens (tertiary/aromatic N) is 2. The van der Waals surface area contributed by atoms with E-state index in [1.807, 2.05) is 6.07 Å². The van der Waals surface area contributed by atoms with Gasteiger partial charge in [-0.25, -0.2) is 20.6 Å². The molecule has 0 amide bonds. The molecule has 0 radical (unpaired) electrons.